The molecule has 3 N–H and O–H groups in total. The molecular formula is C22H27Cl2N5O. The van der Waals surface area contributed by atoms with Crippen LogP contribution in [0.15, 0.2) is 47.5 Å². The van der Waals surface area contributed by atoms with Gasteiger partial charge in [-0.2, -0.15) is 0 Å². The van der Waals surface area contributed by atoms with E-state index in [0.717, 1.165) is 48.7 Å². The van der Waals surface area contributed by atoms with E-state index in [9.17, 15) is 4.79 Å². The maximum absolute atomic E-state index is 11.5. The minimum Gasteiger partial charge on any atom is -0.360 e. The van der Waals surface area contributed by atoms with E-state index in [1.54, 1.807) is 13.1 Å². The summed E-state index contributed by atoms with van der Waals surface area (Å²) < 4.78 is 0. The smallest absolute Gasteiger partial charge is 0.239 e. The highest BCUT2D eigenvalue weighted by Crippen LogP contribution is 2.22. The topological polar surface area (TPSA) is 68.8 Å². The number of anilines is 1. The number of halogens is 2. The van der Waals surface area contributed by atoms with Crippen LogP contribution in [-0.4, -0.2) is 45.1 Å². The van der Waals surface area contributed by atoms with Crippen LogP contribution in [0, 0.1) is 0 Å². The third kappa shape index (κ3) is 6.54. The number of aliphatic imine (C=N–C) groups is 1. The normalized spacial score (nSPS) is 14.4. The van der Waals surface area contributed by atoms with E-state index >= 15 is 0 Å². The molecule has 0 atom stereocenters. The minimum atomic E-state index is 0.0696. The van der Waals surface area contributed by atoms with Gasteiger partial charge in [0, 0.05) is 49.0 Å². The van der Waals surface area contributed by atoms with Gasteiger partial charge in [0.1, 0.15) is 0 Å². The molecule has 1 aliphatic heterocycles. The third-order valence-electron chi connectivity index (χ3n) is 4.95. The molecule has 6 nitrogen and oxygen atoms in total. The van der Waals surface area contributed by atoms with Crippen LogP contribution in [0.2, 0.25) is 10.0 Å². The lowest BCUT2D eigenvalue weighted by Crippen LogP contribution is -2.47. The Bertz CT molecular complexity index is 886. The molecular weight excluding hydrogens is 421 g/mol. The summed E-state index contributed by atoms with van der Waals surface area (Å²) in [5.74, 6) is 0.828. The van der Waals surface area contributed by atoms with Crippen molar-refractivity contribution in [3.8, 4) is 0 Å². The SMILES string of the molecule is CN=C(NCCCc1ccc(Cl)cc1Cl)NCc1ccc(N2CCNC(=O)C2)cc1. The Hall–Kier alpha value is -2.44. The summed E-state index contributed by atoms with van der Waals surface area (Å²) in [5, 5.41) is 10.9. The number of nitrogens with one attached hydrogen (secondary N) is 3. The van der Waals surface area contributed by atoms with Crippen molar-refractivity contribution in [3.63, 3.8) is 0 Å². The largest absolute Gasteiger partial charge is 0.360 e. The molecule has 0 bridgehead atoms. The standard InChI is InChI=1S/C22H27Cl2N5O/c1-25-22(27-10-2-3-17-6-7-18(23)13-20(17)24)28-14-16-4-8-19(9-5-16)29-12-11-26-21(30)15-29/h4-9,13H,2-3,10-12,14-15H2,1H3,(H,26,30)(H2,25,27,28). The molecule has 1 heterocycles. The summed E-state index contributed by atoms with van der Waals surface area (Å²) in [6.07, 6.45) is 1.80. The summed E-state index contributed by atoms with van der Waals surface area (Å²) in [5.41, 5.74) is 3.31. The molecule has 2 aromatic rings. The number of hydrogen-bond donors (Lipinski definition) is 3. The lowest BCUT2D eigenvalue weighted by molar-refractivity contribution is -0.120. The first kappa shape index (κ1) is 22.2. The molecule has 0 spiro atoms. The van der Waals surface area contributed by atoms with Gasteiger partial charge in [0.05, 0.1) is 6.54 Å². The van der Waals surface area contributed by atoms with Crippen LogP contribution in [-0.2, 0) is 17.8 Å². The predicted molar refractivity (Wildman–Crippen MR) is 125 cm³/mol. The minimum absolute atomic E-state index is 0.0696. The molecule has 0 aromatic heterocycles. The Kier molecular flexibility index (Phi) is 8.22. The Labute approximate surface area is 187 Å². The number of carbonyl (C=O) groups excluding carboxylic acids is 1. The summed E-state index contributed by atoms with van der Waals surface area (Å²) in [6.45, 7) is 3.39. The molecule has 1 fully saturated rings. The van der Waals surface area contributed by atoms with Crippen molar-refractivity contribution < 1.29 is 4.79 Å². The van der Waals surface area contributed by atoms with Crippen molar-refractivity contribution in [2.75, 3.05) is 38.1 Å². The van der Waals surface area contributed by atoms with Crippen LogP contribution in [0.1, 0.15) is 17.5 Å². The second-order valence-electron chi connectivity index (χ2n) is 7.13. The van der Waals surface area contributed by atoms with E-state index in [-0.39, 0.29) is 5.91 Å². The van der Waals surface area contributed by atoms with Gasteiger partial charge in [-0.25, -0.2) is 0 Å². The average molecular weight is 448 g/mol. The van der Waals surface area contributed by atoms with Gasteiger partial charge in [-0.15, -0.1) is 0 Å². The Morgan fingerprint density at radius 3 is 2.67 bits per heavy atom. The number of piperazine rings is 1. The third-order valence-corrected chi connectivity index (χ3v) is 5.54. The number of amides is 1. The van der Waals surface area contributed by atoms with Crippen LogP contribution in [0.25, 0.3) is 0 Å². The van der Waals surface area contributed by atoms with Crippen molar-refractivity contribution in [2.45, 2.75) is 19.4 Å². The fourth-order valence-electron chi connectivity index (χ4n) is 3.30. The first-order valence-electron chi connectivity index (χ1n) is 10.0. The lowest BCUT2D eigenvalue weighted by atomic mass is 10.1. The molecule has 0 radical (unpaired) electrons. The first-order chi connectivity index (χ1) is 14.5. The number of guanidine groups is 1. The first-order valence-corrected chi connectivity index (χ1v) is 10.8. The lowest BCUT2D eigenvalue weighted by Gasteiger charge is -2.28. The predicted octanol–water partition coefficient (Wildman–Crippen LogP) is 3.23. The Morgan fingerprint density at radius 2 is 1.97 bits per heavy atom. The maximum atomic E-state index is 11.5. The molecule has 0 unspecified atom stereocenters. The zero-order valence-corrected chi connectivity index (χ0v) is 18.6. The highest BCUT2D eigenvalue weighted by molar-refractivity contribution is 6.35. The summed E-state index contributed by atoms with van der Waals surface area (Å²) in [6, 6.07) is 13.9. The second-order valence-corrected chi connectivity index (χ2v) is 7.97. The number of benzene rings is 2. The molecule has 3 rings (SSSR count). The zero-order chi connectivity index (χ0) is 21.3. The number of carbonyl (C=O) groups is 1. The zero-order valence-electron chi connectivity index (χ0n) is 17.0. The van der Waals surface area contributed by atoms with Crippen LogP contribution in [0.5, 0.6) is 0 Å². The number of aryl methyl sites for hydroxylation is 1. The maximum Gasteiger partial charge on any atom is 0.239 e. The molecule has 2 aromatic carbocycles. The van der Waals surface area contributed by atoms with Crippen LogP contribution >= 0.6 is 23.2 Å². The van der Waals surface area contributed by atoms with Crippen molar-refractivity contribution >= 4 is 40.8 Å². The van der Waals surface area contributed by atoms with Gasteiger partial charge in [-0.05, 0) is 48.2 Å². The molecule has 8 heteroatoms. The quantitative estimate of drug-likeness (QED) is 0.346. The van der Waals surface area contributed by atoms with E-state index in [1.807, 2.05) is 12.1 Å². The monoisotopic (exact) mass is 447 g/mol. The van der Waals surface area contributed by atoms with Gasteiger partial charge in [0.2, 0.25) is 5.91 Å². The summed E-state index contributed by atoms with van der Waals surface area (Å²) in [7, 11) is 1.76. The fraction of sp³-hybridized carbons (Fsp3) is 0.364. The van der Waals surface area contributed by atoms with Crippen molar-refractivity contribution in [3.05, 3.63) is 63.6 Å². The number of nitrogens with zero attached hydrogens (tertiary/aromatic N) is 2. The van der Waals surface area contributed by atoms with Gasteiger partial charge >= 0.3 is 0 Å². The number of rotatable bonds is 7. The average Bonchev–Trinajstić information content (AvgIpc) is 2.75. The second kappa shape index (κ2) is 11.1. The van der Waals surface area contributed by atoms with Crippen molar-refractivity contribution in [1.82, 2.24) is 16.0 Å². The van der Waals surface area contributed by atoms with Crippen molar-refractivity contribution in [2.24, 2.45) is 4.99 Å². The fourth-order valence-corrected chi connectivity index (χ4v) is 3.80. The van der Waals surface area contributed by atoms with Crippen LogP contribution < -0.4 is 20.9 Å². The molecule has 1 aliphatic rings. The summed E-state index contributed by atoms with van der Waals surface area (Å²) in [4.78, 5) is 17.9. The van der Waals surface area contributed by atoms with Gasteiger partial charge in [0.15, 0.2) is 5.96 Å². The molecule has 1 amide bonds. The Balaban J connectivity index is 1.41. The Morgan fingerprint density at radius 1 is 1.17 bits per heavy atom. The van der Waals surface area contributed by atoms with Gasteiger partial charge in [0.25, 0.3) is 0 Å². The highest BCUT2D eigenvalue weighted by Gasteiger charge is 2.16. The van der Waals surface area contributed by atoms with E-state index in [4.69, 9.17) is 23.2 Å². The molecule has 0 saturated carbocycles. The van der Waals surface area contributed by atoms with E-state index in [2.05, 4.69) is 50.1 Å². The molecule has 160 valence electrons. The molecule has 1 saturated heterocycles. The van der Waals surface area contributed by atoms with Crippen LogP contribution in [0.3, 0.4) is 0 Å². The van der Waals surface area contributed by atoms with E-state index in [0.29, 0.717) is 29.7 Å². The van der Waals surface area contributed by atoms with Gasteiger partial charge in [-0.3, -0.25) is 9.79 Å². The van der Waals surface area contributed by atoms with Crippen molar-refractivity contribution in [1.29, 1.82) is 0 Å². The summed E-state index contributed by atoms with van der Waals surface area (Å²) >= 11 is 12.2. The highest BCUT2D eigenvalue weighted by atomic mass is 35.5. The molecule has 0 aliphatic carbocycles. The van der Waals surface area contributed by atoms with Gasteiger partial charge in [-0.1, -0.05) is 41.4 Å². The number of hydrogen-bond acceptors (Lipinski definition) is 3. The molecule has 30 heavy (non-hydrogen) atoms. The van der Waals surface area contributed by atoms with Gasteiger partial charge < -0.3 is 20.9 Å². The van der Waals surface area contributed by atoms with E-state index in [1.165, 1.54) is 0 Å². The van der Waals surface area contributed by atoms with Crippen LogP contribution in [0.4, 0.5) is 5.69 Å². The van der Waals surface area contributed by atoms with E-state index < -0.39 is 0 Å².